The number of fused-ring (bicyclic) bond motifs is 4. The van der Waals surface area contributed by atoms with Gasteiger partial charge in [0.2, 0.25) is 5.72 Å². The van der Waals surface area contributed by atoms with Crippen molar-refractivity contribution in [3.8, 4) is 11.5 Å². The van der Waals surface area contributed by atoms with Crippen molar-refractivity contribution in [2.45, 2.75) is 51.3 Å². The van der Waals surface area contributed by atoms with Crippen LogP contribution in [0.25, 0.3) is 0 Å². The predicted molar refractivity (Wildman–Crippen MR) is 119 cm³/mol. The summed E-state index contributed by atoms with van der Waals surface area (Å²) in [4.78, 5) is 2.55. The average Bonchev–Trinajstić information content (AvgIpc) is 3.23. The molecule has 5 heteroatoms. The lowest BCUT2D eigenvalue weighted by Crippen LogP contribution is -2.59. The third-order valence-electron chi connectivity index (χ3n) is 6.58. The van der Waals surface area contributed by atoms with Crippen LogP contribution < -0.4 is 9.47 Å². The fourth-order valence-corrected chi connectivity index (χ4v) is 5.09. The SMILES string of the molecule is CCCN1CCC2(CC1)Oc1ccccc1[C@H]1CC(c3ccc(OCC)cc3)=NN12. The number of hydrogen-bond donors (Lipinski definition) is 0. The Balaban J connectivity index is 1.47. The van der Waals surface area contributed by atoms with E-state index >= 15 is 0 Å². The molecule has 0 radical (unpaired) electrons. The lowest BCUT2D eigenvalue weighted by molar-refractivity contribution is -0.149. The smallest absolute Gasteiger partial charge is 0.200 e. The van der Waals surface area contributed by atoms with Crippen LogP contribution in [0.3, 0.4) is 0 Å². The second kappa shape index (κ2) is 7.95. The Hall–Kier alpha value is -2.53. The maximum absolute atomic E-state index is 6.71. The largest absolute Gasteiger partial charge is 0.494 e. The molecule has 1 saturated heterocycles. The number of nitrogens with zero attached hydrogens (tertiary/aromatic N) is 3. The van der Waals surface area contributed by atoms with Gasteiger partial charge >= 0.3 is 0 Å². The van der Waals surface area contributed by atoms with Gasteiger partial charge in [-0.2, -0.15) is 5.10 Å². The van der Waals surface area contributed by atoms with Crippen molar-refractivity contribution >= 4 is 5.71 Å². The molecule has 2 aromatic rings. The molecule has 0 amide bonds. The number of benzene rings is 2. The number of para-hydroxylation sites is 1. The van der Waals surface area contributed by atoms with E-state index in [2.05, 4.69) is 53.2 Å². The Labute approximate surface area is 179 Å². The monoisotopic (exact) mass is 405 g/mol. The minimum Gasteiger partial charge on any atom is -0.494 e. The first-order valence-electron chi connectivity index (χ1n) is 11.3. The molecule has 0 bridgehead atoms. The van der Waals surface area contributed by atoms with Crippen LogP contribution in [-0.2, 0) is 0 Å². The molecule has 158 valence electrons. The highest BCUT2D eigenvalue weighted by atomic mass is 16.5. The molecule has 1 fully saturated rings. The zero-order chi connectivity index (χ0) is 20.6. The Bertz CT molecular complexity index is 916. The van der Waals surface area contributed by atoms with Crippen LogP contribution in [-0.4, -0.2) is 47.6 Å². The first kappa shape index (κ1) is 19.4. The number of rotatable bonds is 5. The Morgan fingerprint density at radius 2 is 1.83 bits per heavy atom. The van der Waals surface area contributed by atoms with Crippen LogP contribution in [0.15, 0.2) is 53.6 Å². The van der Waals surface area contributed by atoms with Crippen LogP contribution in [0.5, 0.6) is 11.5 Å². The molecule has 1 atom stereocenters. The van der Waals surface area contributed by atoms with Crippen molar-refractivity contribution in [2.75, 3.05) is 26.2 Å². The molecule has 5 rings (SSSR count). The van der Waals surface area contributed by atoms with Gasteiger partial charge in [0.25, 0.3) is 0 Å². The van der Waals surface area contributed by atoms with E-state index in [9.17, 15) is 0 Å². The molecule has 1 spiro atoms. The topological polar surface area (TPSA) is 37.3 Å². The molecule has 2 aromatic carbocycles. The Morgan fingerprint density at radius 3 is 2.57 bits per heavy atom. The Kier molecular flexibility index (Phi) is 5.15. The van der Waals surface area contributed by atoms with Gasteiger partial charge < -0.3 is 14.4 Å². The first-order chi connectivity index (χ1) is 14.7. The quantitative estimate of drug-likeness (QED) is 0.714. The highest BCUT2D eigenvalue weighted by molar-refractivity contribution is 6.02. The van der Waals surface area contributed by atoms with E-state index in [4.69, 9.17) is 14.6 Å². The van der Waals surface area contributed by atoms with Gasteiger partial charge in [-0.1, -0.05) is 25.1 Å². The lowest BCUT2D eigenvalue weighted by atomic mass is 9.90. The van der Waals surface area contributed by atoms with E-state index in [1.165, 1.54) is 17.5 Å². The standard InChI is InChI=1S/C25H31N3O2/c1-3-15-27-16-13-25(14-17-27)28-23(21-7-5-6-8-24(21)30-25)18-22(26-28)19-9-11-20(12-10-19)29-4-2/h5-12,23H,3-4,13-18H2,1-2H3/t23-/m1/s1. The zero-order valence-corrected chi connectivity index (χ0v) is 18.0. The summed E-state index contributed by atoms with van der Waals surface area (Å²) in [6.45, 7) is 8.23. The normalized spacial score (nSPS) is 22.3. The van der Waals surface area contributed by atoms with Crippen molar-refractivity contribution < 1.29 is 9.47 Å². The van der Waals surface area contributed by atoms with E-state index < -0.39 is 0 Å². The number of ether oxygens (including phenoxy) is 2. The number of hydrazone groups is 1. The molecule has 5 nitrogen and oxygen atoms in total. The minimum absolute atomic E-state index is 0.245. The molecular formula is C25H31N3O2. The van der Waals surface area contributed by atoms with Gasteiger partial charge in [-0.15, -0.1) is 0 Å². The van der Waals surface area contributed by atoms with Gasteiger partial charge in [0.15, 0.2) is 0 Å². The van der Waals surface area contributed by atoms with E-state index in [0.29, 0.717) is 6.61 Å². The summed E-state index contributed by atoms with van der Waals surface area (Å²) in [5.74, 6) is 1.94. The van der Waals surface area contributed by atoms with Gasteiger partial charge in [0.05, 0.1) is 18.4 Å². The molecule has 0 aromatic heterocycles. The van der Waals surface area contributed by atoms with Crippen LogP contribution in [0.4, 0.5) is 0 Å². The second-order valence-corrected chi connectivity index (χ2v) is 8.50. The zero-order valence-electron chi connectivity index (χ0n) is 18.0. The molecular weight excluding hydrogens is 374 g/mol. The van der Waals surface area contributed by atoms with E-state index in [1.807, 2.05) is 19.1 Å². The summed E-state index contributed by atoms with van der Waals surface area (Å²) < 4.78 is 12.3. The molecule has 0 N–H and O–H groups in total. The summed E-state index contributed by atoms with van der Waals surface area (Å²) in [5, 5.41) is 7.46. The fraction of sp³-hybridized carbons (Fsp3) is 0.480. The summed E-state index contributed by atoms with van der Waals surface area (Å²) in [6, 6.07) is 17.1. The molecule has 0 saturated carbocycles. The third kappa shape index (κ3) is 3.35. The highest BCUT2D eigenvalue weighted by Crippen LogP contribution is 2.49. The second-order valence-electron chi connectivity index (χ2n) is 8.50. The molecule has 3 heterocycles. The van der Waals surface area contributed by atoms with Crippen LogP contribution >= 0.6 is 0 Å². The van der Waals surface area contributed by atoms with E-state index in [-0.39, 0.29) is 11.8 Å². The number of likely N-dealkylation sites (tertiary alicyclic amines) is 1. The maximum atomic E-state index is 6.71. The van der Waals surface area contributed by atoms with Gasteiger partial charge in [-0.25, -0.2) is 5.01 Å². The number of hydrogen-bond acceptors (Lipinski definition) is 5. The summed E-state index contributed by atoms with van der Waals surface area (Å²) in [5.41, 5.74) is 3.22. The number of piperidine rings is 1. The van der Waals surface area contributed by atoms with Crippen LogP contribution in [0.2, 0.25) is 0 Å². The lowest BCUT2D eigenvalue weighted by Gasteiger charge is -2.51. The van der Waals surface area contributed by atoms with E-state index in [1.54, 1.807) is 0 Å². The van der Waals surface area contributed by atoms with Gasteiger partial charge in [-0.3, -0.25) is 0 Å². The summed E-state index contributed by atoms with van der Waals surface area (Å²) >= 11 is 0. The van der Waals surface area contributed by atoms with Crippen molar-refractivity contribution in [1.29, 1.82) is 0 Å². The molecule has 3 aliphatic heterocycles. The fourth-order valence-electron chi connectivity index (χ4n) is 5.09. The van der Waals surface area contributed by atoms with Gasteiger partial charge in [-0.05, 0) is 55.8 Å². The maximum Gasteiger partial charge on any atom is 0.200 e. The predicted octanol–water partition coefficient (Wildman–Crippen LogP) is 4.83. The van der Waals surface area contributed by atoms with Crippen molar-refractivity contribution in [1.82, 2.24) is 9.91 Å². The van der Waals surface area contributed by atoms with E-state index in [0.717, 1.165) is 56.1 Å². The van der Waals surface area contributed by atoms with Crippen molar-refractivity contribution in [2.24, 2.45) is 5.10 Å². The van der Waals surface area contributed by atoms with Crippen molar-refractivity contribution in [3.63, 3.8) is 0 Å². The van der Waals surface area contributed by atoms with Gasteiger partial charge in [0, 0.05) is 37.9 Å². The molecule has 0 aliphatic carbocycles. The molecule has 30 heavy (non-hydrogen) atoms. The highest BCUT2D eigenvalue weighted by Gasteiger charge is 2.51. The summed E-state index contributed by atoms with van der Waals surface area (Å²) in [7, 11) is 0. The average molecular weight is 406 g/mol. The summed E-state index contributed by atoms with van der Waals surface area (Å²) in [6.07, 6.45) is 4.08. The third-order valence-corrected chi connectivity index (χ3v) is 6.58. The van der Waals surface area contributed by atoms with Crippen LogP contribution in [0.1, 0.15) is 56.7 Å². The molecule has 0 unspecified atom stereocenters. The van der Waals surface area contributed by atoms with Gasteiger partial charge in [0.1, 0.15) is 11.5 Å². The van der Waals surface area contributed by atoms with Crippen molar-refractivity contribution in [3.05, 3.63) is 59.7 Å². The first-order valence-corrected chi connectivity index (χ1v) is 11.3. The minimum atomic E-state index is -0.337. The van der Waals surface area contributed by atoms with Crippen LogP contribution in [0, 0.1) is 0 Å². The Morgan fingerprint density at radius 1 is 1.07 bits per heavy atom. The molecule has 3 aliphatic rings.